The number of amides is 1. The molecule has 6 heteroatoms. The van der Waals surface area contributed by atoms with E-state index in [0.717, 1.165) is 17.3 Å². The lowest BCUT2D eigenvalue weighted by Gasteiger charge is -2.36. The van der Waals surface area contributed by atoms with Gasteiger partial charge in [0.25, 0.3) is 0 Å². The summed E-state index contributed by atoms with van der Waals surface area (Å²) in [6.45, 7) is 2.21. The summed E-state index contributed by atoms with van der Waals surface area (Å²) in [5, 5.41) is 9.93. The number of aliphatic hydroxyl groups excluding tert-OH is 1. The van der Waals surface area contributed by atoms with Crippen molar-refractivity contribution in [3.8, 4) is 0 Å². The molecule has 118 valence electrons. The number of imidazole rings is 1. The highest BCUT2D eigenvalue weighted by molar-refractivity contribution is 7.99. The van der Waals surface area contributed by atoms with Crippen LogP contribution in [0.2, 0.25) is 0 Å². The zero-order valence-electron chi connectivity index (χ0n) is 13.1. The lowest BCUT2D eigenvalue weighted by atomic mass is 9.85. The fourth-order valence-corrected chi connectivity index (χ4v) is 3.89. The first kappa shape index (κ1) is 16.4. The van der Waals surface area contributed by atoms with Crippen molar-refractivity contribution in [3.05, 3.63) is 11.9 Å². The van der Waals surface area contributed by atoms with E-state index in [1.54, 1.807) is 6.20 Å². The molecule has 1 aliphatic rings. The average molecular weight is 311 g/mol. The standard InChI is InChI=1S/C15H25N3O2S/c1-11-6-4-5-7-13(11)18(3)14(20)10-21-15-16-8-12(9-19)17(15)2/h8,11,13,19H,4-7,9-10H2,1-3H3. The van der Waals surface area contributed by atoms with Crippen molar-refractivity contribution in [2.45, 2.75) is 50.4 Å². The summed E-state index contributed by atoms with van der Waals surface area (Å²) < 4.78 is 1.83. The second-order valence-electron chi connectivity index (χ2n) is 5.87. The van der Waals surface area contributed by atoms with Crippen LogP contribution in [0.1, 0.15) is 38.3 Å². The lowest BCUT2D eigenvalue weighted by molar-refractivity contribution is -0.130. The molecule has 0 bridgehead atoms. The van der Waals surface area contributed by atoms with E-state index < -0.39 is 0 Å². The summed E-state index contributed by atoms with van der Waals surface area (Å²) >= 11 is 1.43. The number of aromatic nitrogens is 2. The Labute approximate surface area is 130 Å². The number of thioether (sulfide) groups is 1. The quantitative estimate of drug-likeness (QED) is 0.846. The van der Waals surface area contributed by atoms with E-state index in [1.807, 2.05) is 23.6 Å². The SMILES string of the molecule is CC1CCCCC1N(C)C(=O)CSc1ncc(CO)n1C. The van der Waals surface area contributed by atoms with Crippen molar-refractivity contribution >= 4 is 17.7 Å². The summed E-state index contributed by atoms with van der Waals surface area (Å²) in [5.41, 5.74) is 0.763. The van der Waals surface area contributed by atoms with E-state index >= 15 is 0 Å². The molecule has 1 amide bonds. The molecule has 1 aromatic heterocycles. The highest BCUT2D eigenvalue weighted by atomic mass is 32.2. The molecule has 5 nitrogen and oxygen atoms in total. The summed E-state index contributed by atoms with van der Waals surface area (Å²) in [5.74, 6) is 1.15. The summed E-state index contributed by atoms with van der Waals surface area (Å²) in [6, 6.07) is 0.376. The van der Waals surface area contributed by atoms with E-state index in [2.05, 4.69) is 11.9 Å². The Hall–Kier alpha value is -1.01. The van der Waals surface area contributed by atoms with E-state index in [1.165, 1.54) is 31.0 Å². The molecule has 1 fully saturated rings. The van der Waals surface area contributed by atoms with Crippen LogP contribution >= 0.6 is 11.8 Å². The molecule has 0 radical (unpaired) electrons. The predicted molar refractivity (Wildman–Crippen MR) is 84.0 cm³/mol. The van der Waals surface area contributed by atoms with Gasteiger partial charge in [-0.1, -0.05) is 31.5 Å². The van der Waals surface area contributed by atoms with Crippen molar-refractivity contribution in [1.82, 2.24) is 14.5 Å². The fraction of sp³-hybridized carbons (Fsp3) is 0.733. The molecule has 1 N–H and O–H groups in total. The van der Waals surface area contributed by atoms with Gasteiger partial charge >= 0.3 is 0 Å². The number of hydrogen-bond donors (Lipinski definition) is 1. The minimum Gasteiger partial charge on any atom is -0.390 e. The highest BCUT2D eigenvalue weighted by Gasteiger charge is 2.27. The first-order chi connectivity index (χ1) is 10.0. The molecule has 1 aliphatic carbocycles. The summed E-state index contributed by atoms with van der Waals surface area (Å²) in [7, 11) is 3.78. The molecule has 0 spiro atoms. The van der Waals surface area contributed by atoms with Crippen molar-refractivity contribution in [2.75, 3.05) is 12.8 Å². The van der Waals surface area contributed by atoms with Gasteiger partial charge in [0.15, 0.2) is 5.16 Å². The van der Waals surface area contributed by atoms with Crippen LogP contribution in [0.5, 0.6) is 0 Å². The van der Waals surface area contributed by atoms with Crippen LogP contribution in [0.25, 0.3) is 0 Å². The number of aliphatic hydroxyl groups is 1. The molecule has 2 atom stereocenters. The Bertz CT molecular complexity index is 489. The first-order valence-electron chi connectivity index (χ1n) is 7.54. The Morgan fingerprint density at radius 1 is 1.52 bits per heavy atom. The fourth-order valence-electron chi connectivity index (χ4n) is 2.99. The molecular weight excluding hydrogens is 286 g/mol. The van der Waals surface area contributed by atoms with Crippen molar-refractivity contribution < 1.29 is 9.90 Å². The van der Waals surface area contributed by atoms with Gasteiger partial charge in [0.1, 0.15) is 0 Å². The van der Waals surface area contributed by atoms with Gasteiger partial charge in [0, 0.05) is 20.1 Å². The van der Waals surface area contributed by atoms with Crippen LogP contribution in [0.3, 0.4) is 0 Å². The molecule has 0 aliphatic heterocycles. The zero-order valence-corrected chi connectivity index (χ0v) is 13.9. The monoisotopic (exact) mass is 311 g/mol. The van der Waals surface area contributed by atoms with Crippen LogP contribution in [0.4, 0.5) is 0 Å². The molecule has 0 aromatic carbocycles. The van der Waals surface area contributed by atoms with E-state index in [9.17, 15) is 4.79 Å². The molecule has 1 heterocycles. The average Bonchev–Trinajstić information content (AvgIpc) is 2.85. The van der Waals surface area contributed by atoms with Crippen molar-refractivity contribution in [1.29, 1.82) is 0 Å². The minimum absolute atomic E-state index is 0.0303. The number of carbonyl (C=O) groups is 1. The van der Waals surface area contributed by atoms with Crippen LogP contribution < -0.4 is 0 Å². The molecule has 1 saturated carbocycles. The lowest BCUT2D eigenvalue weighted by Crippen LogP contribution is -2.43. The van der Waals surface area contributed by atoms with Gasteiger partial charge in [-0.3, -0.25) is 4.79 Å². The van der Waals surface area contributed by atoms with E-state index in [-0.39, 0.29) is 12.5 Å². The number of carbonyl (C=O) groups excluding carboxylic acids is 1. The van der Waals surface area contributed by atoms with Crippen LogP contribution in [-0.2, 0) is 18.4 Å². The second kappa shape index (κ2) is 7.31. The minimum atomic E-state index is -0.0303. The highest BCUT2D eigenvalue weighted by Crippen LogP contribution is 2.28. The maximum atomic E-state index is 12.4. The molecule has 21 heavy (non-hydrogen) atoms. The summed E-state index contributed by atoms with van der Waals surface area (Å²) in [4.78, 5) is 18.5. The van der Waals surface area contributed by atoms with Crippen molar-refractivity contribution in [2.24, 2.45) is 13.0 Å². The van der Waals surface area contributed by atoms with Gasteiger partial charge in [0.05, 0.1) is 24.3 Å². The smallest absolute Gasteiger partial charge is 0.233 e. The number of rotatable bonds is 5. The van der Waals surface area contributed by atoms with Gasteiger partial charge in [0.2, 0.25) is 5.91 Å². The Morgan fingerprint density at radius 2 is 2.24 bits per heavy atom. The molecule has 2 rings (SSSR count). The van der Waals surface area contributed by atoms with Crippen LogP contribution in [-0.4, -0.2) is 44.3 Å². The molecular formula is C15H25N3O2S. The third kappa shape index (κ3) is 3.80. The van der Waals surface area contributed by atoms with Gasteiger partial charge in [-0.25, -0.2) is 4.98 Å². The Kier molecular flexibility index (Phi) is 5.70. The van der Waals surface area contributed by atoms with Gasteiger partial charge < -0.3 is 14.6 Å². The third-order valence-corrected chi connectivity index (χ3v) is 5.51. The first-order valence-corrected chi connectivity index (χ1v) is 8.53. The molecule has 1 aromatic rings. The number of nitrogens with zero attached hydrogens (tertiary/aromatic N) is 3. The molecule has 0 saturated heterocycles. The number of hydrogen-bond acceptors (Lipinski definition) is 4. The Morgan fingerprint density at radius 3 is 2.86 bits per heavy atom. The van der Waals surface area contributed by atoms with Gasteiger partial charge in [-0.15, -0.1) is 0 Å². The summed E-state index contributed by atoms with van der Waals surface area (Å²) in [6.07, 6.45) is 6.49. The maximum Gasteiger partial charge on any atom is 0.233 e. The van der Waals surface area contributed by atoms with Gasteiger partial charge in [-0.2, -0.15) is 0 Å². The Balaban J connectivity index is 1.90. The van der Waals surface area contributed by atoms with E-state index in [0.29, 0.717) is 17.7 Å². The van der Waals surface area contributed by atoms with Crippen LogP contribution in [0, 0.1) is 5.92 Å². The van der Waals surface area contributed by atoms with Gasteiger partial charge in [-0.05, 0) is 18.8 Å². The van der Waals surface area contributed by atoms with Crippen LogP contribution in [0.15, 0.2) is 11.4 Å². The predicted octanol–water partition coefficient (Wildman–Crippen LogP) is 2.04. The largest absolute Gasteiger partial charge is 0.390 e. The third-order valence-electron chi connectivity index (χ3n) is 4.49. The maximum absolute atomic E-state index is 12.4. The normalized spacial score (nSPS) is 22.3. The second-order valence-corrected chi connectivity index (χ2v) is 6.81. The van der Waals surface area contributed by atoms with Crippen molar-refractivity contribution in [3.63, 3.8) is 0 Å². The van der Waals surface area contributed by atoms with E-state index in [4.69, 9.17) is 5.11 Å². The topological polar surface area (TPSA) is 58.4 Å². The zero-order chi connectivity index (χ0) is 15.4. The molecule has 2 unspecified atom stereocenters.